The van der Waals surface area contributed by atoms with Crippen LogP contribution in [0.2, 0.25) is 0 Å². The summed E-state index contributed by atoms with van der Waals surface area (Å²) in [6.45, 7) is 0.459. The summed E-state index contributed by atoms with van der Waals surface area (Å²) >= 11 is 0. The summed E-state index contributed by atoms with van der Waals surface area (Å²) in [6, 6.07) is 8.45. The van der Waals surface area contributed by atoms with Gasteiger partial charge in [-0.2, -0.15) is 0 Å². The van der Waals surface area contributed by atoms with Crippen LogP contribution in [-0.4, -0.2) is 55.8 Å². The average Bonchev–Trinajstić information content (AvgIpc) is 2.94. The number of nitrogens with zero attached hydrogens (tertiary/aromatic N) is 1. The molecule has 0 aliphatic carbocycles. The molecule has 0 radical (unpaired) electrons. The van der Waals surface area contributed by atoms with Crippen LogP contribution in [0.3, 0.4) is 0 Å². The van der Waals surface area contributed by atoms with Gasteiger partial charge in [0.2, 0.25) is 5.91 Å². The highest BCUT2D eigenvalue weighted by Crippen LogP contribution is 2.11. The first-order chi connectivity index (χ1) is 10.6. The van der Waals surface area contributed by atoms with E-state index in [1.54, 1.807) is 30.3 Å². The van der Waals surface area contributed by atoms with Crippen molar-refractivity contribution in [3.05, 3.63) is 35.9 Å². The predicted octanol–water partition coefficient (Wildman–Crippen LogP) is 1.23. The quantitative estimate of drug-likeness (QED) is 0.735. The Morgan fingerprint density at radius 2 is 2.05 bits per heavy atom. The normalized spacial score (nSPS) is 15.3. The SMILES string of the molecule is COCC(CC(=O)N1CCOC1=O)OC(=O)c1ccccc1. The number of methoxy groups -OCH3 is 1. The number of rotatable bonds is 6. The fraction of sp³-hybridized carbons (Fsp3) is 0.400. The van der Waals surface area contributed by atoms with E-state index < -0.39 is 24.1 Å². The predicted molar refractivity (Wildman–Crippen MR) is 75.2 cm³/mol. The van der Waals surface area contributed by atoms with Crippen LogP contribution < -0.4 is 0 Å². The molecule has 1 aromatic rings. The van der Waals surface area contributed by atoms with Gasteiger partial charge in [0.1, 0.15) is 12.7 Å². The summed E-state index contributed by atoms with van der Waals surface area (Å²) in [6.07, 6.45) is -1.57. The van der Waals surface area contributed by atoms with Crippen LogP contribution in [0.25, 0.3) is 0 Å². The molecule has 1 aliphatic rings. The second-order valence-electron chi connectivity index (χ2n) is 4.71. The average molecular weight is 307 g/mol. The van der Waals surface area contributed by atoms with Crippen LogP contribution in [0.1, 0.15) is 16.8 Å². The van der Waals surface area contributed by atoms with Gasteiger partial charge >= 0.3 is 12.1 Å². The molecule has 22 heavy (non-hydrogen) atoms. The molecule has 1 saturated heterocycles. The smallest absolute Gasteiger partial charge is 0.416 e. The summed E-state index contributed by atoms with van der Waals surface area (Å²) in [4.78, 5) is 36.4. The second-order valence-corrected chi connectivity index (χ2v) is 4.71. The van der Waals surface area contributed by atoms with Crippen molar-refractivity contribution < 1.29 is 28.6 Å². The molecule has 118 valence electrons. The number of esters is 1. The van der Waals surface area contributed by atoms with Gasteiger partial charge in [-0.25, -0.2) is 14.5 Å². The van der Waals surface area contributed by atoms with Crippen molar-refractivity contribution in [2.45, 2.75) is 12.5 Å². The summed E-state index contributed by atoms with van der Waals surface area (Å²) in [7, 11) is 1.44. The minimum Gasteiger partial charge on any atom is -0.456 e. The lowest BCUT2D eigenvalue weighted by Gasteiger charge is -2.18. The number of hydrogen-bond donors (Lipinski definition) is 0. The number of imide groups is 1. The van der Waals surface area contributed by atoms with Crippen LogP contribution in [0.5, 0.6) is 0 Å². The molecule has 0 aromatic heterocycles. The highest BCUT2D eigenvalue weighted by Gasteiger charge is 2.31. The molecular formula is C15H17NO6. The lowest BCUT2D eigenvalue weighted by atomic mass is 10.2. The third kappa shape index (κ3) is 4.05. The topological polar surface area (TPSA) is 82.1 Å². The van der Waals surface area contributed by atoms with E-state index in [1.807, 2.05) is 0 Å². The summed E-state index contributed by atoms with van der Waals surface area (Å²) < 4.78 is 15.0. The number of amides is 2. The van der Waals surface area contributed by atoms with E-state index in [2.05, 4.69) is 0 Å². The number of hydrogen-bond acceptors (Lipinski definition) is 6. The van der Waals surface area contributed by atoms with Gasteiger partial charge in [-0.3, -0.25) is 4.79 Å². The lowest BCUT2D eigenvalue weighted by molar-refractivity contribution is -0.130. The fourth-order valence-electron chi connectivity index (χ4n) is 2.04. The molecule has 1 aromatic carbocycles. The standard InChI is InChI=1S/C15H17NO6/c1-20-10-12(9-13(17)16-7-8-21-15(16)19)22-14(18)11-5-3-2-4-6-11/h2-6,12H,7-10H2,1H3. The van der Waals surface area contributed by atoms with Crippen molar-refractivity contribution >= 4 is 18.0 Å². The number of ether oxygens (including phenoxy) is 3. The Balaban J connectivity index is 1.96. The Hall–Kier alpha value is -2.41. The van der Waals surface area contributed by atoms with E-state index in [-0.39, 0.29) is 26.2 Å². The van der Waals surface area contributed by atoms with Crippen molar-refractivity contribution in [1.29, 1.82) is 0 Å². The van der Waals surface area contributed by atoms with Crippen LogP contribution in [0.4, 0.5) is 4.79 Å². The summed E-state index contributed by atoms with van der Waals surface area (Å²) in [5, 5.41) is 0. The van der Waals surface area contributed by atoms with Gasteiger partial charge in [0.25, 0.3) is 0 Å². The van der Waals surface area contributed by atoms with Crippen LogP contribution in [0.15, 0.2) is 30.3 Å². The number of carbonyl (C=O) groups is 3. The van der Waals surface area contributed by atoms with Gasteiger partial charge in [-0.05, 0) is 12.1 Å². The Bertz CT molecular complexity index is 544. The molecule has 1 heterocycles. The first-order valence-electron chi connectivity index (χ1n) is 6.84. The van der Waals surface area contributed by atoms with Crippen molar-refractivity contribution in [3.63, 3.8) is 0 Å². The van der Waals surface area contributed by atoms with Crippen molar-refractivity contribution in [1.82, 2.24) is 4.90 Å². The zero-order valence-electron chi connectivity index (χ0n) is 12.2. The van der Waals surface area contributed by atoms with E-state index in [9.17, 15) is 14.4 Å². The maximum atomic E-state index is 12.0. The first-order valence-corrected chi connectivity index (χ1v) is 6.84. The van der Waals surface area contributed by atoms with E-state index in [1.165, 1.54) is 7.11 Å². The van der Waals surface area contributed by atoms with Crippen molar-refractivity contribution in [2.75, 3.05) is 26.9 Å². The Morgan fingerprint density at radius 3 is 2.64 bits per heavy atom. The molecule has 7 heteroatoms. The molecule has 2 rings (SSSR count). The van der Waals surface area contributed by atoms with Gasteiger partial charge in [-0.15, -0.1) is 0 Å². The maximum Gasteiger partial charge on any atom is 0.416 e. The number of cyclic esters (lactones) is 1. The molecule has 1 fully saturated rings. The second kappa shape index (κ2) is 7.56. The summed E-state index contributed by atoms with van der Waals surface area (Å²) in [5.74, 6) is -0.995. The van der Waals surface area contributed by atoms with Crippen molar-refractivity contribution in [2.24, 2.45) is 0 Å². The molecule has 0 N–H and O–H groups in total. The van der Waals surface area contributed by atoms with Crippen LogP contribution in [0, 0.1) is 0 Å². The highest BCUT2D eigenvalue weighted by atomic mass is 16.6. The minimum atomic E-state index is -0.765. The minimum absolute atomic E-state index is 0.0627. The van der Waals surface area contributed by atoms with Gasteiger partial charge in [0.05, 0.1) is 25.1 Å². The largest absolute Gasteiger partial charge is 0.456 e. The fourth-order valence-corrected chi connectivity index (χ4v) is 2.04. The van der Waals surface area contributed by atoms with Crippen LogP contribution >= 0.6 is 0 Å². The summed E-state index contributed by atoms with van der Waals surface area (Å²) in [5.41, 5.74) is 0.386. The Morgan fingerprint density at radius 1 is 1.32 bits per heavy atom. The molecule has 1 unspecified atom stereocenters. The van der Waals surface area contributed by atoms with E-state index in [0.717, 1.165) is 4.90 Å². The number of benzene rings is 1. The van der Waals surface area contributed by atoms with Crippen LogP contribution in [-0.2, 0) is 19.0 Å². The molecule has 2 amide bonds. The molecular weight excluding hydrogens is 290 g/mol. The lowest BCUT2D eigenvalue weighted by Crippen LogP contribution is -2.36. The zero-order chi connectivity index (χ0) is 15.9. The maximum absolute atomic E-state index is 12.0. The molecule has 0 saturated carbocycles. The number of carbonyl (C=O) groups excluding carboxylic acids is 3. The highest BCUT2D eigenvalue weighted by molar-refractivity contribution is 5.93. The molecule has 1 atom stereocenters. The van der Waals surface area contributed by atoms with Crippen molar-refractivity contribution in [3.8, 4) is 0 Å². The van der Waals surface area contributed by atoms with E-state index >= 15 is 0 Å². The molecule has 0 bridgehead atoms. The van der Waals surface area contributed by atoms with E-state index in [0.29, 0.717) is 5.56 Å². The van der Waals surface area contributed by atoms with E-state index in [4.69, 9.17) is 14.2 Å². The molecule has 7 nitrogen and oxygen atoms in total. The van der Waals surface area contributed by atoms with Gasteiger partial charge in [0, 0.05) is 7.11 Å². The third-order valence-corrected chi connectivity index (χ3v) is 3.10. The Labute approximate surface area is 127 Å². The zero-order valence-corrected chi connectivity index (χ0v) is 12.2. The van der Waals surface area contributed by atoms with Gasteiger partial charge in [0.15, 0.2) is 0 Å². The first kappa shape index (κ1) is 16.0. The molecule has 0 spiro atoms. The van der Waals surface area contributed by atoms with Gasteiger partial charge < -0.3 is 14.2 Å². The Kier molecular flexibility index (Phi) is 5.48. The van der Waals surface area contributed by atoms with Gasteiger partial charge in [-0.1, -0.05) is 18.2 Å². The third-order valence-electron chi connectivity index (χ3n) is 3.10. The monoisotopic (exact) mass is 307 g/mol. The molecule has 1 aliphatic heterocycles.